The Balaban J connectivity index is 1.27. The first-order valence-electron chi connectivity index (χ1n) is 8.99. The number of aryl methyl sites for hydroxylation is 1. The van der Waals surface area contributed by atoms with Gasteiger partial charge in [-0.15, -0.1) is 0 Å². The van der Waals surface area contributed by atoms with Crippen LogP contribution in [0.5, 0.6) is 0 Å². The molecule has 2 amide bonds. The number of rotatable bonds is 8. The molecule has 5 nitrogen and oxygen atoms in total. The van der Waals surface area contributed by atoms with Gasteiger partial charge in [0.2, 0.25) is 5.91 Å². The van der Waals surface area contributed by atoms with Gasteiger partial charge >= 0.3 is 0 Å². The maximum Gasteiger partial charge on any atom is 0.253 e. The van der Waals surface area contributed by atoms with E-state index in [9.17, 15) is 14.0 Å². The summed E-state index contributed by atoms with van der Waals surface area (Å²) >= 11 is 0. The van der Waals surface area contributed by atoms with Gasteiger partial charge < -0.3 is 14.5 Å². The summed E-state index contributed by atoms with van der Waals surface area (Å²) in [5.41, 5.74) is 1.16. The molecule has 0 radical (unpaired) electrons. The predicted molar refractivity (Wildman–Crippen MR) is 91.2 cm³/mol. The first kappa shape index (κ1) is 17.9. The number of nitrogens with zero attached hydrogens (tertiary/aromatic N) is 2. The third kappa shape index (κ3) is 4.37. The third-order valence-electron chi connectivity index (χ3n) is 4.97. The lowest BCUT2D eigenvalue weighted by molar-refractivity contribution is -0.160. The zero-order valence-corrected chi connectivity index (χ0v) is 14.6. The second-order valence-electron chi connectivity index (χ2n) is 6.88. The largest absolute Gasteiger partial charge is 0.343 e. The number of β-lactam (4-membered cyclic amide) rings is 1. The van der Waals surface area contributed by atoms with Crippen molar-refractivity contribution in [2.45, 2.75) is 50.9 Å². The fourth-order valence-electron chi connectivity index (χ4n) is 3.35. The molecule has 136 valence electrons. The highest BCUT2D eigenvalue weighted by atomic mass is 19.1. The molecule has 2 heterocycles. The van der Waals surface area contributed by atoms with Crippen LogP contribution in [0.25, 0.3) is 0 Å². The van der Waals surface area contributed by atoms with Crippen LogP contribution in [0.3, 0.4) is 0 Å². The molecular formula is C19H25FN2O3. The molecule has 1 aromatic carbocycles. The van der Waals surface area contributed by atoms with E-state index in [1.165, 1.54) is 12.1 Å². The van der Waals surface area contributed by atoms with Crippen LogP contribution in [-0.4, -0.2) is 54.1 Å². The summed E-state index contributed by atoms with van der Waals surface area (Å²) in [6, 6.07) is 6.66. The van der Waals surface area contributed by atoms with E-state index >= 15 is 0 Å². The van der Waals surface area contributed by atoms with E-state index in [4.69, 9.17) is 4.74 Å². The fourth-order valence-corrected chi connectivity index (χ4v) is 3.35. The molecule has 25 heavy (non-hydrogen) atoms. The van der Waals surface area contributed by atoms with Gasteiger partial charge in [-0.05, 0) is 37.0 Å². The summed E-state index contributed by atoms with van der Waals surface area (Å²) in [6.07, 6.45) is 4.83. The number of halogens is 1. The molecule has 1 aromatic rings. The Morgan fingerprint density at radius 3 is 2.64 bits per heavy atom. The minimum absolute atomic E-state index is 0.0338. The average molecular weight is 348 g/mol. The van der Waals surface area contributed by atoms with Crippen molar-refractivity contribution in [3.05, 3.63) is 35.6 Å². The highest BCUT2D eigenvalue weighted by Gasteiger charge is 2.47. The summed E-state index contributed by atoms with van der Waals surface area (Å²) in [5, 5.41) is 0. The number of carbonyl (C=O) groups is 2. The third-order valence-corrected chi connectivity index (χ3v) is 4.97. The molecule has 0 bridgehead atoms. The van der Waals surface area contributed by atoms with Crippen LogP contribution >= 0.6 is 0 Å². The van der Waals surface area contributed by atoms with Crippen molar-refractivity contribution in [2.24, 2.45) is 0 Å². The molecule has 0 spiro atoms. The van der Waals surface area contributed by atoms with Crippen LogP contribution in [0, 0.1) is 5.82 Å². The molecule has 0 unspecified atom stereocenters. The van der Waals surface area contributed by atoms with Crippen molar-refractivity contribution in [2.75, 3.05) is 20.1 Å². The lowest BCUT2D eigenvalue weighted by Crippen LogP contribution is -2.48. The van der Waals surface area contributed by atoms with Crippen molar-refractivity contribution < 1.29 is 18.7 Å². The quantitative estimate of drug-likeness (QED) is 0.535. The topological polar surface area (TPSA) is 49.9 Å². The summed E-state index contributed by atoms with van der Waals surface area (Å²) in [4.78, 5) is 27.0. The van der Waals surface area contributed by atoms with Crippen molar-refractivity contribution in [1.29, 1.82) is 0 Å². The van der Waals surface area contributed by atoms with E-state index in [0.29, 0.717) is 19.5 Å². The lowest BCUT2D eigenvalue weighted by atomic mass is 10.1. The van der Waals surface area contributed by atoms with Crippen LogP contribution < -0.4 is 0 Å². The predicted octanol–water partition coefficient (Wildman–Crippen LogP) is 2.34. The maximum absolute atomic E-state index is 12.8. The maximum atomic E-state index is 12.8. The summed E-state index contributed by atoms with van der Waals surface area (Å²) in [7, 11) is 1.79. The van der Waals surface area contributed by atoms with Crippen molar-refractivity contribution in [1.82, 2.24) is 9.80 Å². The van der Waals surface area contributed by atoms with Crippen molar-refractivity contribution >= 4 is 11.8 Å². The molecule has 6 heteroatoms. The Hall–Kier alpha value is -1.95. The van der Waals surface area contributed by atoms with E-state index in [0.717, 1.165) is 37.7 Å². The van der Waals surface area contributed by atoms with Gasteiger partial charge in [0.05, 0.1) is 13.0 Å². The van der Waals surface area contributed by atoms with Gasteiger partial charge in [-0.3, -0.25) is 9.59 Å². The number of likely N-dealkylation sites (N-methyl/N-ethyl adjacent to an activating group) is 1. The van der Waals surface area contributed by atoms with E-state index < -0.39 is 6.10 Å². The van der Waals surface area contributed by atoms with Gasteiger partial charge in [0.15, 0.2) is 6.10 Å². The molecule has 0 N–H and O–H groups in total. The first-order chi connectivity index (χ1) is 12.0. The van der Waals surface area contributed by atoms with Gasteiger partial charge in [-0.25, -0.2) is 4.39 Å². The molecular weight excluding hydrogens is 323 g/mol. The van der Waals surface area contributed by atoms with Crippen LogP contribution in [0.1, 0.15) is 37.7 Å². The zero-order chi connectivity index (χ0) is 17.8. The van der Waals surface area contributed by atoms with Gasteiger partial charge in [-0.2, -0.15) is 0 Å². The minimum atomic E-state index is -0.500. The Morgan fingerprint density at radius 2 is 1.96 bits per heavy atom. The molecule has 2 aliphatic heterocycles. The fraction of sp³-hybridized carbons (Fsp3) is 0.579. The molecule has 3 rings (SSSR count). The second-order valence-corrected chi connectivity index (χ2v) is 6.88. The Morgan fingerprint density at radius 1 is 1.24 bits per heavy atom. The van der Waals surface area contributed by atoms with Crippen molar-refractivity contribution in [3.63, 3.8) is 0 Å². The number of ether oxygens (including phenoxy) is 1. The number of benzene rings is 1. The number of carbonyl (C=O) groups excluding carboxylic acids is 2. The molecule has 2 fully saturated rings. The highest BCUT2D eigenvalue weighted by molar-refractivity contribution is 5.87. The Labute approximate surface area is 147 Å². The normalized spacial score (nSPS) is 21.8. The van der Waals surface area contributed by atoms with Crippen LogP contribution in [0.2, 0.25) is 0 Å². The van der Waals surface area contributed by atoms with Crippen molar-refractivity contribution in [3.8, 4) is 0 Å². The summed E-state index contributed by atoms with van der Waals surface area (Å²) in [6.45, 7) is 1.10. The first-order valence-corrected chi connectivity index (χ1v) is 8.99. The Kier molecular flexibility index (Phi) is 5.68. The van der Waals surface area contributed by atoms with E-state index in [2.05, 4.69) is 0 Å². The number of amides is 2. The SMILES string of the molecule is CN(CCCCCCc1ccc(F)cc1)C(=O)[C@H]1CN2C(=O)C[C@@H]2O1. The zero-order valence-electron chi connectivity index (χ0n) is 14.6. The molecule has 2 saturated heterocycles. The summed E-state index contributed by atoms with van der Waals surface area (Å²) < 4.78 is 18.4. The lowest BCUT2D eigenvalue weighted by Gasteiger charge is -2.31. The number of hydrogen-bond acceptors (Lipinski definition) is 3. The van der Waals surface area contributed by atoms with E-state index in [1.54, 1.807) is 16.8 Å². The molecule has 2 aliphatic rings. The molecule has 0 saturated carbocycles. The van der Waals surface area contributed by atoms with E-state index in [1.807, 2.05) is 12.1 Å². The standard InChI is InChI=1S/C19H25FN2O3/c1-21(19(24)16-13-22-17(23)12-18(22)25-16)11-5-3-2-4-6-14-7-9-15(20)10-8-14/h7-10,16,18H,2-6,11-13H2,1H3/t16-,18+/m1/s1. The number of unbranched alkanes of at least 4 members (excludes halogenated alkanes) is 3. The Bertz CT molecular complexity index is 620. The number of fused-ring (bicyclic) bond motifs is 1. The summed E-state index contributed by atoms with van der Waals surface area (Å²) in [5.74, 6) is -0.158. The van der Waals surface area contributed by atoms with E-state index in [-0.39, 0.29) is 23.9 Å². The van der Waals surface area contributed by atoms with Crippen LogP contribution in [0.4, 0.5) is 4.39 Å². The van der Waals surface area contributed by atoms with Crippen LogP contribution in [0.15, 0.2) is 24.3 Å². The van der Waals surface area contributed by atoms with Gasteiger partial charge in [0.25, 0.3) is 5.91 Å². The van der Waals surface area contributed by atoms with Gasteiger partial charge in [-0.1, -0.05) is 25.0 Å². The second kappa shape index (κ2) is 7.95. The number of hydrogen-bond donors (Lipinski definition) is 0. The average Bonchev–Trinajstić information content (AvgIpc) is 2.95. The monoisotopic (exact) mass is 348 g/mol. The molecule has 2 atom stereocenters. The van der Waals surface area contributed by atoms with Crippen LogP contribution in [-0.2, 0) is 20.7 Å². The van der Waals surface area contributed by atoms with Gasteiger partial charge in [0, 0.05) is 13.6 Å². The molecule has 0 aliphatic carbocycles. The smallest absolute Gasteiger partial charge is 0.253 e. The van der Waals surface area contributed by atoms with Gasteiger partial charge in [0.1, 0.15) is 12.0 Å². The highest BCUT2D eigenvalue weighted by Crippen LogP contribution is 2.29. The minimum Gasteiger partial charge on any atom is -0.343 e. The molecule has 0 aromatic heterocycles.